The molecule has 154 valence electrons. The highest BCUT2D eigenvalue weighted by Gasteiger charge is 2.20. The summed E-state index contributed by atoms with van der Waals surface area (Å²) in [6, 6.07) is 11.0. The zero-order valence-electron chi connectivity index (χ0n) is 17.1. The molecule has 0 unspecified atom stereocenters. The van der Waals surface area contributed by atoms with E-state index in [0.29, 0.717) is 23.6 Å². The van der Waals surface area contributed by atoms with Crippen molar-refractivity contribution in [1.29, 1.82) is 0 Å². The van der Waals surface area contributed by atoms with Crippen molar-refractivity contribution in [1.82, 2.24) is 14.8 Å². The molecular weight excluding hydrogens is 368 g/mol. The molecule has 1 aromatic heterocycles. The van der Waals surface area contributed by atoms with Crippen LogP contribution < -0.4 is 10.1 Å². The van der Waals surface area contributed by atoms with Gasteiger partial charge >= 0.3 is 0 Å². The lowest BCUT2D eigenvalue weighted by atomic mass is 10.1. The summed E-state index contributed by atoms with van der Waals surface area (Å²) in [4.78, 5) is 33.2. The van der Waals surface area contributed by atoms with E-state index in [1.54, 1.807) is 25.4 Å². The summed E-state index contributed by atoms with van der Waals surface area (Å²) in [5.41, 5.74) is 2.33. The lowest BCUT2D eigenvalue weighted by Gasteiger charge is -2.34. The van der Waals surface area contributed by atoms with E-state index in [9.17, 15) is 9.59 Å². The van der Waals surface area contributed by atoms with E-state index in [4.69, 9.17) is 4.74 Å². The fraction of sp³-hybridized carbons (Fsp3) is 0.409. The fourth-order valence-corrected chi connectivity index (χ4v) is 3.31. The number of methoxy groups -OCH3 is 1. The van der Waals surface area contributed by atoms with Crippen molar-refractivity contribution < 1.29 is 14.3 Å². The van der Waals surface area contributed by atoms with E-state index in [-0.39, 0.29) is 18.2 Å². The quantitative estimate of drug-likeness (QED) is 0.775. The monoisotopic (exact) mass is 396 g/mol. The van der Waals surface area contributed by atoms with Gasteiger partial charge in [0, 0.05) is 37.6 Å². The molecule has 3 rings (SSSR count). The van der Waals surface area contributed by atoms with Gasteiger partial charge < -0.3 is 19.9 Å². The maximum Gasteiger partial charge on any atom is 0.230 e. The number of amides is 2. The summed E-state index contributed by atoms with van der Waals surface area (Å²) in [5, 5.41) is 2.86. The second-order valence-corrected chi connectivity index (χ2v) is 7.10. The minimum absolute atomic E-state index is 0.139. The predicted octanol–water partition coefficient (Wildman–Crippen LogP) is 1.98. The molecule has 0 atom stereocenters. The van der Waals surface area contributed by atoms with Crippen molar-refractivity contribution in [2.24, 2.45) is 0 Å². The van der Waals surface area contributed by atoms with Crippen molar-refractivity contribution in [3.8, 4) is 5.75 Å². The lowest BCUT2D eigenvalue weighted by Crippen LogP contribution is -2.48. The third-order valence-corrected chi connectivity index (χ3v) is 5.14. The molecule has 1 fully saturated rings. The second kappa shape index (κ2) is 10.0. The van der Waals surface area contributed by atoms with Crippen molar-refractivity contribution >= 4 is 17.5 Å². The Labute approximate surface area is 171 Å². The average Bonchev–Trinajstić information content (AvgIpc) is 2.75. The first-order valence-corrected chi connectivity index (χ1v) is 9.95. The largest absolute Gasteiger partial charge is 0.495 e. The van der Waals surface area contributed by atoms with Gasteiger partial charge in [-0.05, 0) is 36.4 Å². The van der Waals surface area contributed by atoms with Gasteiger partial charge in [-0.15, -0.1) is 0 Å². The topological polar surface area (TPSA) is 74.8 Å². The Morgan fingerprint density at radius 3 is 2.34 bits per heavy atom. The summed E-state index contributed by atoms with van der Waals surface area (Å²) in [7, 11) is 1.58. The molecule has 2 aromatic rings. The van der Waals surface area contributed by atoms with Crippen LogP contribution >= 0.6 is 0 Å². The molecule has 1 N–H and O–H groups in total. The van der Waals surface area contributed by atoms with Gasteiger partial charge in [-0.3, -0.25) is 14.6 Å². The van der Waals surface area contributed by atoms with Gasteiger partial charge in [-0.25, -0.2) is 0 Å². The van der Waals surface area contributed by atoms with Gasteiger partial charge in [-0.2, -0.15) is 0 Å². The molecule has 2 heterocycles. The van der Waals surface area contributed by atoms with Crippen LogP contribution in [0, 0.1) is 0 Å². The van der Waals surface area contributed by atoms with Crippen LogP contribution in [0.1, 0.15) is 18.2 Å². The Bertz CT molecular complexity index is 813. The zero-order chi connectivity index (χ0) is 20.6. The molecule has 29 heavy (non-hydrogen) atoms. The first kappa shape index (κ1) is 20.8. The van der Waals surface area contributed by atoms with Crippen LogP contribution in [0.15, 0.2) is 42.6 Å². The van der Waals surface area contributed by atoms with Gasteiger partial charge in [0.25, 0.3) is 0 Å². The number of benzene rings is 1. The fourth-order valence-electron chi connectivity index (χ4n) is 3.31. The molecule has 2 amide bonds. The molecule has 7 nitrogen and oxygen atoms in total. The van der Waals surface area contributed by atoms with Crippen LogP contribution in [0.2, 0.25) is 0 Å². The summed E-state index contributed by atoms with van der Waals surface area (Å²) >= 11 is 0. The van der Waals surface area contributed by atoms with Gasteiger partial charge in [0.2, 0.25) is 11.8 Å². The van der Waals surface area contributed by atoms with Gasteiger partial charge in [0.1, 0.15) is 5.75 Å². The lowest BCUT2D eigenvalue weighted by molar-refractivity contribution is -0.132. The number of nitrogens with one attached hydrogen (secondary N) is 1. The molecule has 1 aliphatic rings. The highest BCUT2D eigenvalue weighted by molar-refractivity contribution is 5.92. The molecule has 0 bridgehead atoms. The van der Waals surface area contributed by atoms with Crippen LogP contribution in [-0.2, 0) is 22.4 Å². The molecule has 0 spiro atoms. The molecule has 1 aromatic carbocycles. The maximum atomic E-state index is 12.5. The van der Waals surface area contributed by atoms with Crippen molar-refractivity contribution in [3.05, 3.63) is 53.9 Å². The van der Waals surface area contributed by atoms with Crippen molar-refractivity contribution in [2.75, 3.05) is 45.2 Å². The van der Waals surface area contributed by atoms with E-state index in [1.165, 1.54) is 0 Å². The normalized spacial score (nSPS) is 14.5. The number of hydrogen-bond donors (Lipinski definition) is 1. The molecule has 0 radical (unpaired) electrons. The van der Waals surface area contributed by atoms with Crippen molar-refractivity contribution in [3.63, 3.8) is 0 Å². The number of anilines is 1. The number of carbonyl (C=O) groups excluding carboxylic acids is 2. The summed E-state index contributed by atoms with van der Waals surface area (Å²) in [6.45, 7) is 6.64. The number of piperazine rings is 1. The van der Waals surface area contributed by atoms with E-state index < -0.39 is 0 Å². The molecule has 7 heteroatoms. The number of pyridine rings is 1. The molecular formula is C22H28N4O3. The molecule has 0 aliphatic carbocycles. The molecule has 1 aliphatic heterocycles. The van der Waals surface area contributed by atoms with Crippen LogP contribution in [-0.4, -0.2) is 66.4 Å². The molecule has 1 saturated heterocycles. The van der Waals surface area contributed by atoms with E-state index >= 15 is 0 Å². The molecule has 0 saturated carbocycles. The van der Waals surface area contributed by atoms with Crippen molar-refractivity contribution in [2.45, 2.75) is 19.8 Å². The minimum Gasteiger partial charge on any atom is -0.495 e. The Morgan fingerprint density at radius 2 is 1.76 bits per heavy atom. The Morgan fingerprint density at radius 1 is 1.03 bits per heavy atom. The number of carbonyl (C=O) groups is 2. The van der Waals surface area contributed by atoms with Crippen LogP contribution in [0.4, 0.5) is 5.69 Å². The van der Waals surface area contributed by atoms with E-state index in [1.807, 2.05) is 29.2 Å². The third kappa shape index (κ3) is 6.02. The van der Waals surface area contributed by atoms with Gasteiger partial charge in [0.05, 0.1) is 26.1 Å². The Balaban J connectivity index is 1.48. The Hall–Kier alpha value is -2.93. The predicted molar refractivity (Wildman–Crippen MR) is 112 cm³/mol. The first-order chi connectivity index (χ1) is 14.1. The number of aromatic nitrogens is 1. The minimum atomic E-state index is -0.139. The SMILES string of the molecule is CCN1CCN(C(=O)Cc2ccc(NC(=O)Cc3ccc(OC)cn3)cc2)CC1. The van der Waals surface area contributed by atoms with E-state index in [0.717, 1.165) is 38.3 Å². The number of hydrogen-bond acceptors (Lipinski definition) is 5. The summed E-state index contributed by atoms with van der Waals surface area (Å²) < 4.78 is 5.06. The number of rotatable bonds is 7. The third-order valence-electron chi connectivity index (χ3n) is 5.14. The van der Waals surface area contributed by atoms with E-state index in [2.05, 4.69) is 22.1 Å². The number of ether oxygens (including phenoxy) is 1. The Kier molecular flexibility index (Phi) is 7.19. The summed E-state index contributed by atoms with van der Waals surface area (Å²) in [5.74, 6) is 0.676. The average molecular weight is 396 g/mol. The standard InChI is InChI=1S/C22H28N4O3/c1-3-25-10-12-26(13-11-25)22(28)14-17-4-6-18(7-5-17)24-21(27)15-19-8-9-20(29-2)16-23-19/h4-9,16H,3,10-15H2,1-2H3,(H,24,27). The highest BCUT2D eigenvalue weighted by Crippen LogP contribution is 2.13. The first-order valence-electron chi connectivity index (χ1n) is 9.95. The van der Waals surface area contributed by atoms with Crippen LogP contribution in [0.3, 0.4) is 0 Å². The van der Waals surface area contributed by atoms with Gasteiger partial charge in [0.15, 0.2) is 0 Å². The van der Waals surface area contributed by atoms with Crippen LogP contribution in [0.25, 0.3) is 0 Å². The smallest absolute Gasteiger partial charge is 0.230 e. The maximum absolute atomic E-state index is 12.5. The zero-order valence-corrected chi connectivity index (χ0v) is 17.1. The number of nitrogens with zero attached hydrogens (tertiary/aromatic N) is 3. The number of likely N-dealkylation sites (N-methyl/N-ethyl adjacent to an activating group) is 1. The highest BCUT2D eigenvalue weighted by atomic mass is 16.5. The second-order valence-electron chi connectivity index (χ2n) is 7.10. The van der Waals surface area contributed by atoms with Gasteiger partial charge in [-0.1, -0.05) is 19.1 Å². The summed E-state index contributed by atoms with van der Waals surface area (Å²) in [6.07, 6.45) is 2.17. The van der Waals surface area contributed by atoms with Crippen LogP contribution in [0.5, 0.6) is 5.75 Å².